The minimum Gasteiger partial charge on any atom is -0.461 e. The van der Waals surface area contributed by atoms with Gasteiger partial charge in [0.2, 0.25) is 5.91 Å². The lowest BCUT2D eigenvalue weighted by atomic mass is 10.1. The first-order chi connectivity index (χ1) is 9.09. The number of esters is 1. The summed E-state index contributed by atoms with van der Waals surface area (Å²) in [7, 11) is 0. The lowest BCUT2D eigenvalue weighted by Gasteiger charge is -2.25. The van der Waals surface area contributed by atoms with E-state index < -0.39 is 6.04 Å². The second-order valence-electron chi connectivity index (χ2n) is 5.61. The van der Waals surface area contributed by atoms with E-state index in [0.29, 0.717) is 19.6 Å². The summed E-state index contributed by atoms with van der Waals surface area (Å²) < 4.78 is 10.7. The first-order valence-electron chi connectivity index (χ1n) is 7.18. The Labute approximate surface area is 114 Å². The second-order valence-corrected chi connectivity index (χ2v) is 5.61. The van der Waals surface area contributed by atoms with Gasteiger partial charge >= 0.3 is 5.97 Å². The van der Waals surface area contributed by atoms with Gasteiger partial charge in [0.1, 0.15) is 12.6 Å². The molecule has 0 saturated carbocycles. The molecule has 0 aromatic rings. The van der Waals surface area contributed by atoms with Crippen LogP contribution < -0.4 is 0 Å². The number of hydrogen-bond acceptors (Lipinski definition) is 4. The number of amides is 1. The Morgan fingerprint density at radius 2 is 2.11 bits per heavy atom. The van der Waals surface area contributed by atoms with Crippen LogP contribution in [0.3, 0.4) is 0 Å². The number of hydrogen-bond donors (Lipinski definition) is 0. The highest BCUT2D eigenvalue weighted by Gasteiger charge is 2.36. The maximum Gasteiger partial charge on any atom is 0.328 e. The van der Waals surface area contributed by atoms with Crippen molar-refractivity contribution in [2.24, 2.45) is 5.92 Å². The molecule has 0 aromatic heterocycles. The van der Waals surface area contributed by atoms with E-state index in [-0.39, 0.29) is 23.9 Å². The highest BCUT2D eigenvalue weighted by molar-refractivity contribution is 5.86. The van der Waals surface area contributed by atoms with Crippen LogP contribution in [-0.2, 0) is 19.1 Å². The highest BCUT2D eigenvalue weighted by atomic mass is 16.6. The van der Waals surface area contributed by atoms with Crippen molar-refractivity contribution >= 4 is 11.9 Å². The predicted molar refractivity (Wildman–Crippen MR) is 69.5 cm³/mol. The molecule has 0 N–H and O–H groups in total. The van der Waals surface area contributed by atoms with Gasteiger partial charge in [-0.05, 0) is 25.7 Å². The molecule has 2 rings (SSSR count). The van der Waals surface area contributed by atoms with Crippen LogP contribution in [0.1, 0.15) is 39.5 Å². The summed E-state index contributed by atoms with van der Waals surface area (Å²) in [6.07, 6.45) is 3.61. The van der Waals surface area contributed by atoms with Crippen molar-refractivity contribution in [1.82, 2.24) is 4.90 Å². The normalized spacial score (nSPS) is 27.0. The number of ether oxygens (including phenoxy) is 2. The zero-order valence-electron chi connectivity index (χ0n) is 11.8. The Morgan fingerprint density at radius 1 is 1.32 bits per heavy atom. The quantitative estimate of drug-likeness (QED) is 0.723. The molecular weight excluding hydrogens is 246 g/mol. The summed E-state index contributed by atoms with van der Waals surface area (Å²) in [6.45, 7) is 5.45. The Hall–Kier alpha value is -1.10. The molecule has 2 aliphatic heterocycles. The molecule has 19 heavy (non-hydrogen) atoms. The highest BCUT2D eigenvalue weighted by Crippen LogP contribution is 2.21. The second kappa shape index (κ2) is 6.37. The van der Waals surface area contributed by atoms with Gasteiger partial charge in [0.05, 0.1) is 6.10 Å². The fraction of sp³-hybridized carbons (Fsp3) is 0.857. The molecule has 108 valence electrons. The van der Waals surface area contributed by atoms with Gasteiger partial charge in [-0.25, -0.2) is 4.79 Å². The summed E-state index contributed by atoms with van der Waals surface area (Å²) in [4.78, 5) is 25.8. The SMILES string of the molecule is CC(C)C(=O)N1CCCC1C(=O)OCC1CCCO1. The number of carbonyl (C=O) groups is 2. The first kappa shape index (κ1) is 14.3. The van der Waals surface area contributed by atoms with Crippen LogP contribution in [0.25, 0.3) is 0 Å². The first-order valence-corrected chi connectivity index (χ1v) is 7.18. The van der Waals surface area contributed by atoms with Crippen molar-refractivity contribution in [3.05, 3.63) is 0 Å². The van der Waals surface area contributed by atoms with Gasteiger partial charge in [-0.2, -0.15) is 0 Å². The van der Waals surface area contributed by atoms with Gasteiger partial charge in [0.25, 0.3) is 0 Å². The number of carbonyl (C=O) groups excluding carboxylic acids is 2. The van der Waals surface area contributed by atoms with Crippen molar-refractivity contribution in [3.63, 3.8) is 0 Å². The zero-order valence-corrected chi connectivity index (χ0v) is 11.8. The van der Waals surface area contributed by atoms with Gasteiger partial charge in [-0.1, -0.05) is 13.8 Å². The van der Waals surface area contributed by atoms with Gasteiger partial charge < -0.3 is 14.4 Å². The molecule has 2 saturated heterocycles. The van der Waals surface area contributed by atoms with Crippen LogP contribution in [0.2, 0.25) is 0 Å². The van der Waals surface area contributed by atoms with E-state index in [1.165, 1.54) is 0 Å². The fourth-order valence-corrected chi connectivity index (χ4v) is 2.65. The van der Waals surface area contributed by atoms with Crippen molar-refractivity contribution in [2.45, 2.75) is 51.7 Å². The Kier molecular flexibility index (Phi) is 4.80. The smallest absolute Gasteiger partial charge is 0.328 e. The third-order valence-electron chi connectivity index (χ3n) is 3.74. The molecule has 0 radical (unpaired) electrons. The maximum atomic E-state index is 12.1. The van der Waals surface area contributed by atoms with E-state index in [1.54, 1.807) is 4.90 Å². The third kappa shape index (κ3) is 3.47. The fourth-order valence-electron chi connectivity index (χ4n) is 2.65. The minimum atomic E-state index is -0.392. The van der Waals surface area contributed by atoms with Crippen LogP contribution in [0, 0.1) is 5.92 Å². The average Bonchev–Trinajstić information content (AvgIpc) is 3.05. The van der Waals surface area contributed by atoms with Gasteiger partial charge in [-0.15, -0.1) is 0 Å². The summed E-state index contributed by atoms with van der Waals surface area (Å²) in [6, 6.07) is -0.392. The maximum absolute atomic E-state index is 12.1. The predicted octanol–water partition coefficient (Wildman–Crippen LogP) is 1.36. The monoisotopic (exact) mass is 269 g/mol. The molecular formula is C14H23NO4. The summed E-state index contributed by atoms with van der Waals surface area (Å²) >= 11 is 0. The number of likely N-dealkylation sites (tertiary alicyclic amines) is 1. The number of nitrogens with zero attached hydrogens (tertiary/aromatic N) is 1. The van der Waals surface area contributed by atoms with Crippen molar-refractivity contribution in [2.75, 3.05) is 19.8 Å². The largest absolute Gasteiger partial charge is 0.461 e. The molecule has 2 aliphatic rings. The minimum absolute atomic E-state index is 0.0385. The molecule has 0 spiro atoms. The van der Waals surface area contributed by atoms with Crippen LogP contribution in [0.4, 0.5) is 0 Å². The summed E-state index contributed by atoms with van der Waals surface area (Å²) in [5.74, 6) is -0.315. The molecule has 0 aromatic carbocycles. The molecule has 2 fully saturated rings. The van der Waals surface area contributed by atoms with E-state index >= 15 is 0 Å². The average molecular weight is 269 g/mol. The van der Waals surface area contributed by atoms with Gasteiger partial charge in [0, 0.05) is 19.1 Å². The zero-order chi connectivity index (χ0) is 13.8. The van der Waals surface area contributed by atoms with Crippen LogP contribution >= 0.6 is 0 Å². The molecule has 1 amide bonds. The van der Waals surface area contributed by atoms with Crippen molar-refractivity contribution in [3.8, 4) is 0 Å². The van der Waals surface area contributed by atoms with Crippen LogP contribution in [-0.4, -0.2) is 48.7 Å². The molecule has 0 aliphatic carbocycles. The van der Waals surface area contributed by atoms with Gasteiger partial charge in [0.15, 0.2) is 0 Å². The Balaban J connectivity index is 1.84. The lowest BCUT2D eigenvalue weighted by molar-refractivity contribution is -0.156. The topological polar surface area (TPSA) is 55.8 Å². The van der Waals surface area contributed by atoms with E-state index in [1.807, 2.05) is 13.8 Å². The van der Waals surface area contributed by atoms with E-state index in [0.717, 1.165) is 25.9 Å². The molecule has 0 bridgehead atoms. The van der Waals surface area contributed by atoms with Crippen molar-refractivity contribution in [1.29, 1.82) is 0 Å². The molecule has 5 nitrogen and oxygen atoms in total. The Bertz CT molecular complexity index is 336. The molecule has 2 heterocycles. The van der Waals surface area contributed by atoms with E-state index in [2.05, 4.69) is 0 Å². The van der Waals surface area contributed by atoms with Crippen LogP contribution in [0.5, 0.6) is 0 Å². The Morgan fingerprint density at radius 3 is 2.74 bits per heavy atom. The summed E-state index contributed by atoms with van der Waals surface area (Å²) in [5.41, 5.74) is 0. The molecule has 2 atom stereocenters. The third-order valence-corrected chi connectivity index (χ3v) is 3.74. The number of rotatable bonds is 4. The lowest BCUT2D eigenvalue weighted by Crippen LogP contribution is -2.43. The van der Waals surface area contributed by atoms with E-state index in [9.17, 15) is 9.59 Å². The molecule has 2 unspecified atom stereocenters. The standard InChI is InChI=1S/C14H23NO4/c1-10(2)13(16)15-7-3-6-12(15)14(17)19-9-11-5-4-8-18-11/h10-12H,3-9H2,1-2H3. The van der Waals surface area contributed by atoms with Crippen LogP contribution in [0.15, 0.2) is 0 Å². The summed E-state index contributed by atoms with van der Waals surface area (Å²) in [5, 5.41) is 0. The molecule has 5 heteroatoms. The van der Waals surface area contributed by atoms with E-state index in [4.69, 9.17) is 9.47 Å². The van der Waals surface area contributed by atoms with Gasteiger partial charge in [-0.3, -0.25) is 4.79 Å². The van der Waals surface area contributed by atoms with Crippen molar-refractivity contribution < 1.29 is 19.1 Å².